The van der Waals surface area contributed by atoms with Crippen LogP contribution in [0.5, 0.6) is 5.75 Å². The fourth-order valence-electron chi connectivity index (χ4n) is 2.50. The number of ether oxygens (including phenoxy) is 1. The molecule has 1 N–H and O–H groups in total. The van der Waals surface area contributed by atoms with E-state index in [1.165, 1.54) is 0 Å². The van der Waals surface area contributed by atoms with Gasteiger partial charge >= 0.3 is 0 Å². The van der Waals surface area contributed by atoms with Crippen LogP contribution in [0.25, 0.3) is 5.69 Å². The molecule has 7 heteroatoms. The SMILES string of the molecule is CC(C)(C)c1cc(NC(=O)COc2ccc(Cl)cc2)n(-c2ccccc2Cl)n1. The lowest BCUT2D eigenvalue weighted by Crippen LogP contribution is -2.21. The molecule has 0 saturated heterocycles. The average Bonchev–Trinajstić information content (AvgIpc) is 3.05. The Hall–Kier alpha value is -2.50. The molecule has 1 heterocycles. The standard InChI is InChI=1S/C21H21Cl2N3O2/c1-21(2,3)18-12-19(26(25-18)17-7-5-4-6-16(17)23)24-20(27)13-28-15-10-8-14(22)9-11-15/h4-12H,13H2,1-3H3,(H,24,27). The van der Waals surface area contributed by atoms with Crippen molar-refractivity contribution in [3.05, 3.63) is 70.3 Å². The van der Waals surface area contributed by atoms with Gasteiger partial charge < -0.3 is 10.1 Å². The van der Waals surface area contributed by atoms with Crippen molar-refractivity contribution in [2.45, 2.75) is 26.2 Å². The highest BCUT2D eigenvalue weighted by Crippen LogP contribution is 2.29. The minimum atomic E-state index is -0.302. The van der Waals surface area contributed by atoms with Gasteiger partial charge in [0.05, 0.1) is 16.4 Å². The molecule has 0 atom stereocenters. The first-order valence-electron chi connectivity index (χ1n) is 8.78. The van der Waals surface area contributed by atoms with Crippen LogP contribution in [0.2, 0.25) is 10.0 Å². The lowest BCUT2D eigenvalue weighted by molar-refractivity contribution is -0.118. The molecule has 0 radical (unpaired) electrons. The van der Waals surface area contributed by atoms with Crippen molar-refractivity contribution in [1.82, 2.24) is 9.78 Å². The fraction of sp³-hybridized carbons (Fsp3) is 0.238. The highest BCUT2D eigenvalue weighted by Gasteiger charge is 2.22. The molecule has 3 aromatic rings. The third-order valence-corrected chi connectivity index (χ3v) is 4.58. The Morgan fingerprint density at radius 2 is 1.79 bits per heavy atom. The number of rotatable bonds is 5. The van der Waals surface area contributed by atoms with Gasteiger partial charge in [-0.15, -0.1) is 0 Å². The van der Waals surface area contributed by atoms with Gasteiger partial charge in [-0.3, -0.25) is 4.79 Å². The summed E-state index contributed by atoms with van der Waals surface area (Å²) in [6.07, 6.45) is 0. The molecule has 0 unspecified atom stereocenters. The fourth-order valence-corrected chi connectivity index (χ4v) is 2.84. The third kappa shape index (κ3) is 4.86. The van der Waals surface area contributed by atoms with E-state index in [1.54, 1.807) is 35.0 Å². The number of benzene rings is 2. The second-order valence-corrected chi connectivity index (χ2v) is 8.16. The van der Waals surface area contributed by atoms with Gasteiger partial charge in [0.2, 0.25) is 0 Å². The van der Waals surface area contributed by atoms with Crippen molar-refractivity contribution in [3.63, 3.8) is 0 Å². The second-order valence-electron chi connectivity index (χ2n) is 7.32. The number of halogens is 2. The predicted octanol–water partition coefficient (Wildman–Crippen LogP) is 5.49. The summed E-state index contributed by atoms with van der Waals surface area (Å²) in [5.41, 5.74) is 1.33. The zero-order chi connectivity index (χ0) is 20.3. The van der Waals surface area contributed by atoms with Crippen LogP contribution in [-0.4, -0.2) is 22.3 Å². The Balaban J connectivity index is 1.82. The summed E-state index contributed by atoms with van der Waals surface area (Å²) < 4.78 is 7.15. The number of para-hydroxylation sites is 1. The number of carbonyl (C=O) groups excluding carboxylic acids is 1. The summed E-state index contributed by atoms with van der Waals surface area (Å²) in [6, 6.07) is 16.0. The molecular weight excluding hydrogens is 397 g/mol. The maximum atomic E-state index is 12.4. The predicted molar refractivity (Wildman–Crippen MR) is 113 cm³/mol. The summed E-state index contributed by atoms with van der Waals surface area (Å²) in [5.74, 6) is 0.792. The van der Waals surface area contributed by atoms with E-state index in [0.29, 0.717) is 27.3 Å². The Kier molecular flexibility index (Phi) is 5.96. The number of nitrogens with one attached hydrogen (secondary N) is 1. The molecule has 0 aliphatic rings. The Morgan fingerprint density at radius 1 is 1.11 bits per heavy atom. The maximum absolute atomic E-state index is 12.4. The molecule has 3 rings (SSSR count). The summed E-state index contributed by atoms with van der Waals surface area (Å²) in [6.45, 7) is 6.03. The van der Waals surface area contributed by atoms with Crippen LogP contribution < -0.4 is 10.1 Å². The summed E-state index contributed by atoms with van der Waals surface area (Å²) in [4.78, 5) is 12.4. The van der Waals surface area contributed by atoms with E-state index in [0.717, 1.165) is 5.69 Å². The molecule has 0 aliphatic carbocycles. The molecule has 0 bridgehead atoms. The van der Waals surface area contributed by atoms with Crippen molar-refractivity contribution in [1.29, 1.82) is 0 Å². The van der Waals surface area contributed by atoms with Crippen LogP contribution in [0.3, 0.4) is 0 Å². The smallest absolute Gasteiger partial charge is 0.263 e. The second kappa shape index (κ2) is 8.25. The molecule has 1 aromatic heterocycles. The minimum Gasteiger partial charge on any atom is -0.484 e. The molecule has 2 aromatic carbocycles. The first kappa shape index (κ1) is 20.2. The highest BCUT2D eigenvalue weighted by atomic mass is 35.5. The van der Waals surface area contributed by atoms with Gasteiger partial charge in [-0.2, -0.15) is 5.10 Å². The van der Waals surface area contributed by atoms with Gasteiger partial charge in [-0.1, -0.05) is 56.1 Å². The number of aromatic nitrogens is 2. The van der Waals surface area contributed by atoms with Gasteiger partial charge in [0.15, 0.2) is 6.61 Å². The Morgan fingerprint density at radius 3 is 2.43 bits per heavy atom. The molecule has 0 aliphatic heterocycles. The first-order chi connectivity index (χ1) is 13.2. The van der Waals surface area contributed by atoms with Crippen LogP contribution in [-0.2, 0) is 10.2 Å². The van der Waals surface area contributed by atoms with Crippen molar-refractivity contribution in [2.24, 2.45) is 0 Å². The normalized spacial score (nSPS) is 11.3. The van der Waals surface area contributed by atoms with Gasteiger partial charge in [-0.25, -0.2) is 4.68 Å². The summed E-state index contributed by atoms with van der Waals surface area (Å²) >= 11 is 12.2. The van der Waals surface area contributed by atoms with E-state index in [4.69, 9.17) is 27.9 Å². The van der Waals surface area contributed by atoms with E-state index in [2.05, 4.69) is 31.2 Å². The van der Waals surface area contributed by atoms with Crippen LogP contribution in [0.15, 0.2) is 54.6 Å². The quantitative estimate of drug-likeness (QED) is 0.596. The van der Waals surface area contributed by atoms with E-state index in [9.17, 15) is 4.79 Å². The molecule has 1 amide bonds. The summed E-state index contributed by atoms with van der Waals surface area (Å²) in [5, 5.41) is 8.67. The highest BCUT2D eigenvalue weighted by molar-refractivity contribution is 6.32. The first-order valence-corrected chi connectivity index (χ1v) is 9.53. The van der Waals surface area contributed by atoms with E-state index in [-0.39, 0.29) is 17.9 Å². The number of anilines is 1. The van der Waals surface area contributed by atoms with Gasteiger partial charge in [0, 0.05) is 16.5 Å². The van der Waals surface area contributed by atoms with Gasteiger partial charge in [0.25, 0.3) is 5.91 Å². The number of hydrogen-bond acceptors (Lipinski definition) is 3. The third-order valence-electron chi connectivity index (χ3n) is 4.01. The molecular formula is C21H21Cl2N3O2. The van der Waals surface area contributed by atoms with Crippen LogP contribution in [0, 0.1) is 0 Å². The largest absolute Gasteiger partial charge is 0.484 e. The van der Waals surface area contributed by atoms with Gasteiger partial charge in [0.1, 0.15) is 11.6 Å². The van der Waals surface area contributed by atoms with Crippen molar-refractivity contribution in [3.8, 4) is 11.4 Å². The van der Waals surface area contributed by atoms with Crippen molar-refractivity contribution < 1.29 is 9.53 Å². The lowest BCUT2D eigenvalue weighted by atomic mass is 9.92. The van der Waals surface area contributed by atoms with Crippen molar-refractivity contribution in [2.75, 3.05) is 11.9 Å². The lowest BCUT2D eigenvalue weighted by Gasteiger charge is -2.14. The molecule has 28 heavy (non-hydrogen) atoms. The molecule has 0 spiro atoms. The van der Waals surface area contributed by atoms with Gasteiger partial charge in [-0.05, 0) is 36.4 Å². The maximum Gasteiger partial charge on any atom is 0.263 e. The molecule has 0 fully saturated rings. The van der Waals surface area contributed by atoms with E-state index >= 15 is 0 Å². The summed E-state index contributed by atoms with van der Waals surface area (Å²) in [7, 11) is 0. The zero-order valence-corrected chi connectivity index (χ0v) is 17.4. The average molecular weight is 418 g/mol. The number of hydrogen-bond donors (Lipinski definition) is 1. The topological polar surface area (TPSA) is 56.1 Å². The monoisotopic (exact) mass is 417 g/mol. The van der Waals surface area contributed by atoms with E-state index < -0.39 is 0 Å². The number of nitrogens with zero attached hydrogens (tertiary/aromatic N) is 2. The van der Waals surface area contributed by atoms with E-state index in [1.807, 2.05) is 24.3 Å². The minimum absolute atomic E-state index is 0.139. The number of carbonyl (C=O) groups is 1. The Labute approximate surface area is 174 Å². The number of amides is 1. The molecule has 0 saturated carbocycles. The van der Waals surface area contributed by atoms with Crippen LogP contribution in [0.1, 0.15) is 26.5 Å². The zero-order valence-electron chi connectivity index (χ0n) is 15.9. The van der Waals surface area contributed by atoms with Crippen molar-refractivity contribution >= 4 is 34.9 Å². The molecule has 146 valence electrons. The van der Waals surface area contributed by atoms with Crippen LogP contribution in [0.4, 0.5) is 5.82 Å². The van der Waals surface area contributed by atoms with Crippen LogP contribution >= 0.6 is 23.2 Å². The molecule has 5 nitrogen and oxygen atoms in total. The Bertz CT molecular complexity index is 976.